The topological polar surface area (TPSA) is 154 Å². The van der Waals surface area contributed by atoms with E-state index in [4.69, 9.17) is 30.9 Å². The summed E-state index contributed by atoms with van der Waals surface area (Å²) in [5.41, 5.74) is 9.83. The third-order valence-corrected chi connectivity index (χ3v) is 5.44. The van der Waals surface area contributed by atoms with Crippen LogP contribution in [-0.2, 0) is 22.6 Å². The number of nitrogen functional groups attached to an aromatic ring is 1. The highest BCUT2D eigenvalue weighted by Crippen LogP contribution is 2.27. The maximum atomic E-state index is 12.9. The maximum absolute atomic E-state index is 12.9. The maximum Gasteiger partial charge on any atom is 0.490 e. The van der Waals surface area contributed by atoms with Gasteiger partial charge in [0.1, 0.15) is 18.2 Å². The van der Waals surface area contributed by atoms with Crippen LogP contribution in [0, 0.1) is 5.41 Å². The van der Waals surface area contributed by atoms with E-state index in [0.717, 1.165) is 34.5 Å². The van der Waals surface area contributed by atoms with Gasteiger partial charge in [-0.1, -0.05) is 49.4 Å². The lowest BCUT2D eigenvalue weighted by Gasteiger charge is -2.29. The van der Waals surface area contributed by atoms with Gasteiger partial charge in [-0.25, -0.2) is 4.79 Å². The van der Waals surface area contributed by atoms with Crippen LogP contribution in [0.25, 0.3) is 0 Å². The fourth-order valence-electron chi connectivity index (χ4n) is 3.36. The van der Waals surface area contributed by atoms with Crippen LogP contribution in [0.15, 0.2) is 72.8 Å². The lowest BCUT2D eigenvalue weighted by Crippen LogP contribution is -2.37. The highest BCUT2D eigenvalue weighted by Gasteiger charge is 2.38. The minimum Gasteiger partial charge on any atom is -0.489 e. The Bertz CT molecular complexity index is 1330. The summed E-state index contributed by atoms with van der Waals surface area (Å²) in [6.07, 6.45) is -4.07. The number of nitrogens with zero attached hydrogens (tertiary/aromatic N) is 1. The summed E-state index contributed by atoms with van der Waals surface area (Å²) in [5, 5.41) is 22.3. The van der Waals surface area contributed by atoms with E-state index in [9.17, 15) is 22.8 Å². The molecule has 0 atom stereocenters. The molecule has 3 aromatic carbocycles. The number of hydrogen-bond acceptors (Lipinski definition) is 5. The van der Waals surface area contributed by atoms with Gasteiger partial charge in [0.25, 0.3) is 5.91 Å². The number of para-hydroxylation sites is 1. The third kappa shape index (κ3) is 9.46. The highest BCUT2D eigenvalue weighted by molar-refractivity contribution is 6.08. The molecule has 4 rings (SSSR count). The molecule has 40 heavy (non-hydrogen) atoms. The van der Waals surface area contributed by atoms with Crippen molar-refractivity contribution in [3.05, 3.63) is 95.1 Å². The summed E-state index contributed by atoms with van der Waals surface area (Å²) in [6, 6.07) is 22.8. The zero-order chi connectivity index (χ0) is 29.9. The number of carboxylic acid groups (broad SMARTS) is 2. The molecular weight excluding hydrogens is 531 g/mol. The number of alkyl halides is 3. The zero-order valence-electron chi connectivity index (χ0n) is 21.4. The fourth-order valence-corrected chi connectivity index (χ4v) is 3.36. The van der Waals surface area contributed by atoms with Gasteiger partial charge in [-0.05, 0) is 47.9 Å². The summed E-state index contributed by atoms with van der Waals surface area (Å²) >= 11 is 0. The lowest BCUT2D eigenvalue weighted by molar-refractivity contribution is -0.192. The van der Waals surface area contributed by atoms with Crippen molar-refractivity contribution in [2.45, 2.75) is 32.5 Å². The Kier molecular flexibility index (Phi) is 11.2. The van der Waals surface area contributed by atoms with Crippen molar-refractivity contribution in [3.63, 3.8) is 0 Å². The van der Waals surface area contributed by atoms with E-state index in [1.165, 1.54) is 0 Å². The minimum absolute atomic E-state index is 0.0267. The van der Waals surface area contributed by atoms with E-state index in [-0.39, 0.29) is 18.2 Å². The molecule has 0 saturated heterocycles. The van der Waals surface area contributed by atoms with Gasteiger partial charge < -0.3 is 25.6 Å². The molecule has 212 valence electrons. The number of fused-ring (bicyclic) bond motifs is 1. The zero-order valence-corrected chi connectivity index (χ0v) is 21.4. The van der Waals surface area contributed by atoms with E-state index in [2.05, 4.69) is 0 Å². The molecule has 0 spiro atoms. The largest absolute Gasteiger partial charge is 0.490 e. The highest BCUT2D eigenvalue weighted by atomic mass is 19.4. The average molecular weight is 560 g/mol. The Morgan fingerprint density at radius 3 is 2.10 bits per heavy atom. The second kappa shape index (κ2) is 14.3. The Morgan fingerprint density at radius 2 is 1.60 bits per heavy atom. The van der Waals surface area contributed by atoms with E-state index < -0.39 is 18.1 Å². The SMILES string of the molecule is CCC(=O)O.N=C(N)c1ccc(COc2ccc3c(c2)CCN(c2ccccc2)C3=O)cc1.O=C(O)C(F)(F)F. The third-order valence-electron chi connectivity index (χ3n) is 5.44. The fraction of sp³-hybridized carbons (Fsp3) is 0.214. The van der Waals surface area contributed by atoms with Crippen LogP contribution in [0.4, 0.5) is 18.9 Å². The molecule has 9 nitrogen and oxygen atoms in total. The quantitative estimate of drug-likeness (QED) is 0.248. The summed E-state index contributed by atoms with van der Waals surface area (Å²) in [7, 11) is 0. The standard InChI is InChI=1S/C23H21N3O2.C3H6O2.C2HF3O2/c24-22(25)17-8-6-16(7-9-17)15-28-20-10-11-21-18(14-20)12-13-26(23(21)27)19-4-2-1-3-5-19;1-2-3(4)5;3-2(4,5)1(6)7/h1-11,14H,12-13,15H2,(H3,24,25);2H2,1H3,(H,4,5);(H,6,7). The van der Waals surface area contributed by atoms with E-state index >= 15 is 0 Å². The first-order valence-electron chi connectivity index (χ1n) is 11.9. The molecule has 0 bridgehead atoms. The molecule has 1 heterocycles. The Labute approximate surface area is 228 Å². The summed E-state index contributed by atoms with van der Waals surface area (Å²) in [6.45, 7) is 2.68. The van der Waals surface area contributed by atoms with Gasteiger partial charge in [-0.15, -0.1) is 0 Å². The van der Waals surface area contributed by atoms with E-state index in [1.54, 1.807) is 6.92 Å². The van der Waals surface area contributed by atoms with Crippen LogP contribution < -0.4 is 15.4 Å². The second-order valence-electron chi connectivity index (χ2n) is 8.31. The van der Waals surface area contributed by atoms with Crippen molar-refractivity contribution in [3.8, 4) is 5.75 Å². The predicted molar refractivity (Wildman–Crippen MR) is 142 cm³/mol. The van der Waals surface area contributed by atoms with Crippen LogP contribution in [0.5, 0.6) is 5.75 Å². The van der Waals surface area contributed by atoms with Gasteiger partial charge in [-0.2, -0.15) is 13.2 Å². The molecule has 1 aliphatic heterocycles. The van der Waals surface area contributed by atoms with Gasteiger partial charge in [0.15, 0.2) is 0 Å². The van der Waals surface area contributed by atoms with E-state index in [1.807, 2.05) is 77.7 Å². The first-order chi connectivity index (χ1) is 18.8. The van der Waals surface area contributed by atoms with Crippen molar-refractivity contribution in [1.29, 1.82) is 5.41 Å². The summed E-state index contributed by atoms with van der Waals surface area (Å²) in [5.74, 6) is -2.68. The Balaban J connectivity index is 0.000000394. The number of amides is 1. The normalized spacial score (nSPS) is 12.1. The first-order valence-corrected chi connectivity index (χ1v) is 11.9. The van der Waals surface area contributed by atoms with Crippen molar-refractivity contribution in [2.24, 2.45) is 5.73 Å². The molecule has 0 saturated carbocycles. The molecule has 3 aromatic rings. The van der Waals surface area contributed by atoms with Crippen LogP contribution in [0.3, 0.4) is 0 Å². The first kappa shape index (κ1) is 31.3. The van der Waals surface area contributed by atoms with Gasteiger partial charge >= 0.3 is 18.1 Å². The van der Waals surface area contributed by atoms with Crippen molar-refractivity contribution in [1.82, 2.24) is 0 Å². The van der Waals surface area contributed by atoms with Crippen molar-refractivity contribution < 1.29 is 42.5 Å². The molecule has 1 aliphatic rings. The number of anilines is 1. The Hall–Kier alpha value is -4.87. The monoisotopic (exact) mass is 559 g/mol. The number of ether oxygens (including phenoxy) is 1. The number of nitrogens with one attached hydrogen (secondary N) is 1. The number of carboxylic acids is 2. The summed E-state index contributed by atoms with van der Waals surface area (Å²) in [4.78, 5) is 32.9. The molecule has 5 N–H and O–H groups in total. The van der Waals surface area contributed by atoms with Crippen LogP contribution >= 0.6 is 0 Å². The number of nitrogens with two attached hydrogens (primary N) is 1. The van der Waals surface area contributed by atoms with Crippen LogP contribution in [0.1, 0.15) is 40.4 Å². The average Bonchev–Trinajstić information content (AvgIpc) is 2.93. The molecule has 0 aliphatic carbocycles. The molecule has 0 aromatic heterocycles. The molecule has 1 amide bonds. The van der Waals surface area contributed by atoms with Gasteiger partial charge in [-0.3, -0.25) is 15.0 Å². The molecule has 12 heteroatoms. The number of amidine groups is 1. The van der Waals surface area contributed by atoms with Crippen molar-refractivity contribution in [2.75, 3.05) is 11.4 Å². The van der Waals surface area contributed by atoms with Gasteiger partial charge in [0.2, 0.25) is 0 Å². The van der Waals surface area contributed by atoms with Gasteiger partial charge in [0, 0.05) is 29.8 Å². The Morgan fingerprint density at radius 1 is 1.02 bits per heavy atom. The molecule has 0 fully saturated rings. The smallest absolute Gasteiger partial charge is 0.489 e. The number of rotatable bonds is 6. The number of benzene rings is 3. The minimum atomic E-state index is -5.08. The second-order valence-corrected chi connectivity index (χ2v) is 8.31. The molecule has 0 radical (unpaired) electrons. The summed E-state index contributed by atoms with van der Waals surface area (Å²) < 4.78 is 37.6. The number of carbonyl (C=O) groups is 3. The van der Waals surface area contributed by atoms with Gasteiger partial charge in [0.05, 0.1) is 0 Å². The van der Waals surface area contributed by atoms with Crippen LogP contribution in [0.2, 0.25) is 0 Å². The number of carbonyl (C=O) groups excluding carboxylic acids is 1. The predicted octanol–water partition coefficient (Wildman–Crippen LogP) is 4.87. The number of halogens is 3. The van der Waals surface area contributed by atoms with Crippen LogP contribution in [-0.4, -0.2) is 46.6 Å². The van der Waals surface area contributed by atoms with E-state index in [0.29, 0.717) is 18.7 Å². The van der Waals surface area contributed by atoms with Crippen molar-refractivity contribution >= 4 is 29.4 Å². The number of hydrogen-bond donors (Lipinski definition) is 4. The molecular formula is C28H28F3N3O6. The lowest BCUT2D eigenvalue weighted by atomic mass is 9.98. The number of aliphatic carboxylic acids is 2. The molecule has 0 unspecified atom stereocenters.